The fourth-order valence-corrected chi connectivity index (χ4v) is 5.61. The van der Waals surface area contributed by atoms with Crippen molar-refractivity contribution in [3.05, 3.63) is 99.0 Å². The molecule has 0 unspecified atom stereocenters. The van der Waals surface area contributed by atoms with Crippen molar-refractivity contribution >= 4 is 61.3 Å². The van der Waals surface area contributed by atoms with Crippen LogP contribution in [0, 0.1) is 10.1 Å². The van der Waals surface area contributed by atoms with Crippen molar-refractivity contribution in [3.63, 3.8) is 0 Å². The summed E-state index contributed by atoms with van der Waals surface area (Å²) in [6, 6.07) is 24.0. The molecule has 1 atom stereocenters. The maximum absolute atomic E-state index is 12.4. The van der Waals surface area contributed by atoms with Crippen molar-refractivity contribution in [2.75, 3.05) is 10.0 Å². The number of ketones is 1. The van der Waals surface area contributed by atoms with E-state index in [1.165, 1.54) is 30.8 Å². The van der Waals surface area contributed by atoms with Gasteiger partial charge in [-0.05, 0) is 60.1 Å². The highest BCUT2D eigenvalue weighted by atomic mass is 79.9. The molecule has 5 rings (SSSR count). The molecule has 0 N–H and O–H groups in total. The normalized spacial score (nSPS) is 19.5. The smallest absolute Gasteiger partial charge is 0.269 e. The monoisotopic (exact) mass is 549 g/mol. The van der Waals surface area contributed by atoms with Gasteiger partial charge in [0.25, 0.3) is 5.69 Å². The number of carbonyl (C=O) groups is 1. The molecular formula is C25H20BrN5O3S. The number of hydrogen-bond acceptors (Lipinski definition) is 8. The zero-order chi connectivity index (χ0) is 24.6. The number of rotatable bonds is 5. The molecule has 176 valence electrons. The Morgan fingerprint density at radius 2 is 1.60 bits per heavy atom. The van der Waals surface area contributed by atoms with E-state index in [4.69, 9.17) is 5.10 Å². The van der Waals surface area contributed by atoms with Crippen molar-refractivity contribution in [1.29, 1.82) is 0 Å². The first kappa shape index (κ1) is 23.3. The number of non-ortho nitro benzene ring substituents is 1. The summed E-state index contributed by atoms with van der Waals surface area (Å²) in [5, 5.41) is 25.0. The molecule has 3 aromatic rings. The van der Waals surface area contributed by atoms with Crippen molar-refractivity contribution in [1.82, 2.24) is 0 Å². The maximum Gasteiger partial charge on any atom is 0.269 e. The van der Waals surface area contributed by atoms with E-state index in [0.29, 0.717) is 23.6 Å². The molecule has 0 fully saturated rings. The SMILES string of the molecule is CC(=O)C1=NN(c2ccc([N+](=O)[O-])cc2)[C@]2(CCC(c3ccc(Br)cc3)=NN2c2ccccc2)S1. The molecule has 1 spiro atoms. The van der Waals surface area contributed by atoms with Gasteiger partial charge in [0.2, 0.25) is 4.99 Å². The van der Waals surface area contributed by atoms with Crippen LogP contribution < -0.4 is 10.0 Å². The molecule has 0 saturated heterocycles. The van der Waals surface area contributed by atoms with Crippen LogP contribution in [0.3, 0.4) is 0 Å². The maximum atomic E-state index is 12.4. The molecule has 0 bridgehead atoms. The average molecular weight is 550 g/mol. The van der Waals surface area contributed by atoms with Gasteiger partial charge in [0.05, 0.1) is 22.0 Å². The van der Waals surface area contributed by atoms with Gasteiger partial charge in [0.1, 0.15) is 0 Å². The van der Waals surface area contributed by atoms with E-state index in [1.807, 2.05) is 59.6 Å². The number of benzene rings is 3. The Labute approximate surface area is 214 Å². The Bertz CT molecular complexity index is 1350. The fraction of sp³-hybridized carbons (Fsp3) is 0.160. The van der Waals surface area contributed by atoms with Crippen molar-refractivity contribution < 1.29 is 9.72 Å². The quantitative estimate of drug-likeness (QED) is 0.279. The van der Waals surface area contributed by atoms with Crippen LogP contribution in [-0.4, -0.2) is 26.5 Å². The first-order valence-corrected chi connectivity index (χ1v) is 12.5. The molecule has 0 amide bonds. The summed E-state index contributed by atoms with van der Waals surface area (Å²) in [6.07, 6.45) is 1.26. The Morgan fingerprint density at radius 1 is 0.971 bits per heavy atom. The molecule has 0 saturated carbocycles. The number of carbonyl (C=O) groups excluding carboxylic acids is 1. The molecule has 2 aliphatic rings. The van der Waals surface area contributed by atoms with E-state index in [-0.39, 0.29) is 11.5 Å². The highest BCUT2D eigenvalue weighted by molar-refractivity contribution is 9.10. The molecule has 3 aromatic carbocycles. The highest BCUT2D eigenvalue weighted by Gasteiger charge is 2.52. The number of thioether (sulfide) groups is 1. The Balaban J connectivity index is 1.64. The van der Waals surface area contributed by atoms with Gasteiger partial charge in [-0.1, -0.05) is 46.3 Å². The number of nitro benzene ring substituents is 1. The molecule has 8 nitrogen and oxygen atoms in total. The van der Waals surface area contributed by atoms with Gasteiger partial charge < -0.3 is 0 Å². The van der Waals surface area contributed by atoms with E-state index in [1.54, 1.807) is 17.1 Å². The number of nitrogens with zero attached hydrogens (tertiary/aromatic N) is 5. The lowest BCUT2D eigenvalue weighted by Crippen LogP contribution is -2.56. The predicted molar refractivity (Wildman–Crippen MR) is 143 cm³/mol. The number of anilines is 2. The Hall–Kier alpha value is -3.50. The van der Waals surface area contributed by atoms with E-state index < -0.39 is 9.92 Å². The summed E-state index contributed by atoms with van der Waals surface area (Å²) in [6.45, 7) is 1.49. The van der Waals surface area contributed by atoms with Gasteiger partial charge in [-0.15, -0.1) is 0 Å². The summed E-state index contributed by atoms with van der Waals surface area (Å²) in [7, 11) is 0. The third kappa shape index (κ3) is 4.35. The number of Topliss-reactive ketones (excluding diaryl/α,β-unsaturated/α-hetero) is 1. The van der Waals surface area contributed by atoms with Crippen LogP contribution >= 0.6 is 27.7 Å². The molecule has 35 heavy (non-hydrogen) atoms. The lowest BCUT2D eigenvalue weighted by Gasteiger charge is -2.46. The van der Waals surface area contributed by atoms with Gasteiger partial charge in [-0.3, -0.25) is 14.9 Å². The second kappa shape index (κ2) is 9.27. The largest absolute Gasteiger partial charge is 0.292 e. The molecule has 0 aliphatic carbocycles. The summed E-state index contributed by atoms with van der Waals surface area (Å²) in [4.78, 5) is 22.3. The standard InChI is InChI=1S/C25H20BrN5O3S/c1-17(32)24-28-30(21-11-13-22(14-12-21)31(33)34)25(35-24)16-15-23(18-7-9-19(26)10-8-18)27-29(25)20-5-3-2-4-6-20/h2-14H,15-16H2,1H3/t25-/m1/s1. The number of halogens is 1. The van der Waals surface area contributed by atoms with Gasteiger partial charge in [0, 0.05) is 30.0 Å². The summed E-state index contributed by atoms with van der Waals surface area (Å²) < 4.78 is 0.990. The molecule has 0 aromatic heterocycles. The average Bonchev–Trinajstić information content (AvgIpc) is 3.25. The topological polar surface area (TPSA) is 91.4 Å². The highest BCUT2D eigenvalue weighted by Crippen LogP contribution is 2.50. The van der Waals surface area contributed by atoms with Crippen LogP contribution in [0.4, 0.5) is 17.1 Å². The van der Waals surface area contributed by atoms with Gasteiger partial charge >= 0.3 is 0 Å². The summed E-state index contributed by atoms with van der Waals surface area (Å²) >= 11 is 4.85. The second-order valence-corrected chi connectivity index (χ2v) is 10.3. The molecule has 10 heteroatoms. The van der Waals surface area contributed by atoms with Crippen LogP contribution in [0.2, 0.25) is 0 Å². The molecule has 0 radical (unpaired) electrons. The van der Waals surface area contributed by atoms with E-state index in [2.05, 4.69) is 21.0 Å². The Morgan fingerprint density at radius 3 is 2.23 bits per heavy atom. The second-order valence-electron chi connectivity index (χ2n) is 8.09. The van der Waals surface area contributed by atoms with Crippen LogP contribution in [0.15, 0.2) is 93.5 Å². The third-order valence-electron chi connectivity index (χ3n) is 5.81. The zero-order valence-electron chi connectivity index (χ0n) is 18.7. The van der Waals surface area contributed by atoms with Crippen molar-refractivity contribution in [2.45, 2.75) is 24.8 Å². The summed E-state index contributed by atoms with van der Waals surface area (Å²) in [5.41, 5.74) is 3.42. The predicted octanol–water partition coefficient (Wildman–Crippen LogP) is 6.17. The first-order chi connectivity index (χ1) is 16.9. The van der Waals surface area contributed by atoms with Crippen LogP contribution in [-0.2, 0) is 4.79 Å². The lowest BCUT2D eigenvalue weighted by molar-refractivity contribution is -0.384. The minimum atomic E-state index is -0.850. The summed E-state index contributed by atoms with van der Waals surface area (Å²) in [5.74, 6) is -0.144. The van der Waals surface area contributed by atoms with Crippen molar-refractivity contribution in [2.24, 2.45) is 10.2 Å². The first-order valence-electron chi connectivity index (χ1n) is 10.9. The molecule has 2 aliphatic heterocycles. The van der Waals surface area contributed by atoms with Gasteiger partial charge in [-0.25, -0.2) is 10.0 Å². The van der Waals surface area contributed by atoms with Crippen LogP contribution in [0.1, 0.15) is 25.3 Å². The molecular weight excluding hydrogens is 530 g/mol. The van der Waals surface area contributed by atoms with Gasteiger partial charge in [0.15, 0.2) is 10.8 Å². The van der Waals surface area contributed by atoms with E-state index >= 15 is 0 Å². The zero-order valence-corrected chi connectivity index (χ0v) is 21.1. The fourth-order valence-electron chi connectivity index (χ4n) is 4.10. The molecule has 2 heterocycles. The van der Waals surface area contributed by atoms with E-state index in [9.17, 15) is 14.9 Å². The number of hydrogen-bond donors (Lipinski definition) is 0. The number of nitro groups is 1. The number of para-hydroxylation sites is 1. The lowest BCUT2D eigenvalue weighted by atomic mass is 10.0. The van der Waals surface area contributed by atoms with Gasteiger partial charge in [-0.2, -0.15) is 10.2 Å². The van der Waals surface area contributed by atoms with Crippen LogP contribution in [0.25, 0.3) is 0 Å². The minimum absolute atomic E-state index is 0.00970. The Kier molecular flexibility index (Phi) is 6.16. The number of hydrazone groups is 2. The third-order valence-corrected chi connectivity index (χ3v) is 7.77. The minimum Gasteiger partial charge on any atom is -0.292 e. The van der Waals surface area contributed by atoms with Crippen LogP contribution in [0.5, 0.6) is 0 Å². The van der Waals surface area contributed by atoms with Crippen molar-refractivity contribution in [3.8, 4) is 0 Å². The van der Waals surface area contributed by atoms with E-state index in [0.717, 1.165) is 21.4 Å².